The number of halogens is 1. The minimum absolute atomic E-state index is 0.245. The summed E-state index contributed by atoms with van der Waals surface area (Å²) in [5.74, 6) is 0.975. The molecule has 2 heterocycles. The Kier molecular flexibility index (Phi) is 3.57. The van der Waals surface area contributed by atoms with Gasteiger partial charge in [0.05, 0.1) is 19.3 Å². The number of hydrogen-bond donors (Lipinski definition) is 1. The van der Waals surface area contributed by atoms with Crippen LogP contribution in [-0.2, 0) is 20.2 Å². The van der Waals surface area contributed by atoms with E-state index in [1.165, 1.54) is 6.07 Å². The van der Waals surface area contributed by atoms with Gasteiger partial charge in [-0.15, -0.1) is 0 Å². The average Bonchev–Trinajstić information content (AvgIpc) is 2.74. The molecule has 2 rings (SSSR count). The van der Waals surface area contributed by atoms with Crippen molar-refractivity contribution >= 4 is 5.82 Å². The van der Waals surface area contributed by atoms with E-state index in [1.807, 2.05) is 29.8 Å². The monoisotopic (exact) mass is 250 g/mol. The molecular weight excluding hydrogens is 235 g/mol. The maximum atomic E-state index is 13.0. The fraction of sp³-hybridized carbons (Fsp3) is 0.333. The molecule has 0 unspecified atom stereocenters. The molecule has 18 heavy (non-hydrogen) atoms. The molecule has 0 aliphatic rings. The zero-order valence-electron chi connectivity index (χ0n) is 10.3. The van der Waals surface area contributed by atoms with Crippen LogP contribution in [0.25, 0.3) is 0 Å². The fourth-order valence-corrected chi connectivity index (χ4v) is 1.77. The summed E-state index contributed by atoms with van der Waals surface area (Å²) in [5.41, 5.74) is 0.465. The van der Waals surface area contributed by atoms with Gasteiger partial charge in [-0.25, -0.2) is 14.4 Å². The molecule has 0 bridgehead atoms. The number of imidazole rings is 1. The Morgan fingerprint density at radius 3 is 2.83 bits per heavy atom. The van der Waals surface area contributed by atoms with Crippen molar-refractivity contribution in [2.75, 3.05) is 11.9 Å². The lowest BCUT2D eigenvalue weighted by Gasteiger charge is -2.20. The van der Waals surface area contributed by atoms with Gasteiger partial charge in [-0.1, -0.05) is 0 Å². The van der Waals surface area contributed by atoms with Crippen LogP contribution in [-0.4, -0.2) is 26.7 Å². The van der Waals surface area contributed by atoms with Crippen molar-refractivity contribution in [2.45, 2.75) is 13.2 Å². The largest absolute Gasteiger partial charge is 0.392 e. The highest BCUT2D eigenvalue weighted by molar-refractivity contribution is 5.45. The first-order chi connectivity index (χ1) is 8.61. The van der Waals surface area contributed by atoms with Crippen LogP contribution in [0.1, 0.15) is 11.4 Å². The van der Waals surface area contributed by atoms with Crippen LogP contribution in [0, 0.1) is 5.82 Å². The molecule has 0 fully saturated rings. The lowest BCUT2D eigenvalue weighted by atomic mass is 10.2. The molecule has 0 aliphatic carbocycles. The van der Waals surface area contributed by atoms with Gasteiger partial charge in [-0.3, -0.25) is 0 Å². The predicted molar refractivity (Wildman–Crippen MR) is 65.4 cm³/mol. The molecule has 2 aromatic heterocycles. The summed E-state index contributed by atoms with van der Waals surface area (Å²) in [5, 5.41) is 9.22. The van der Waals surface area contributed by atoms with Crippen LogP contribution in [0.15, 0.2) is 24.7 Å². The third-order valence-corrected chi connectivity index (χ3v) is 2.74. The van der Waals surface area contributed by atoms with Gasteiger partial charge in [0, 0.05) is 32.1 Å². The van der Waals surface area contributed by atoms with Gasteiger partial charge in [0.1, 0.15) is 17.5 Å². The molecule has 2 aromatic rings. The van der Waals surface area contributed by atoms with Gasteiger partial charge in [0.15, 0.2) is 0 Å². The molecule has 0 radical (unpaired) electrons. The third kappa shape index (κ3) is 2.48. The van der Waals surface area contributed by atoms with Crippen LogP contribution in [0.3, 0.4) is 0 Å². The third-order valence-electron chi connectivity index (χ3n) is 2.74. The summed E-state index contributed by atoms with van der Waals surface area (Å²) in [6.07, 6.45) is 4.71. The number of rotatable bonds is 4. The number of hydrogen-bond acceptors (Lipinski definition) is 4. The Morgan fingerprint density at radius 1 is 1.44 bits per heavy atom. The molecule has 0 amide bonds. The van der Waals surface area contributed by atoms with Gasteiger partial charge in [0.2, 0.25) is 0 Å². The summed E-state index contributed by atoms with van der Waals surface area (Å²) >= 11 is 0. The Hall–Kier alpha value is -1.95. The maximum Gasteiger partial charge on any atom is 0.142 e. The number of nitrogens with zero attached hydrogens (tertiary/aromatic N) is 4. The second-order valence-corrected chi connectivity index (χ2v) is 4.10. The van der Waals surface area contributed by atoms with Crippen molar-refractivity contribution in [3.8, 4) is 0 Å². The number of aliphatic hydroxyl groups excluding tert-OH is 1. The standard InChI is InChI=1S/C12H15FN4O/c1-16-4-3-14-11(16)7-17(2)12-9(8-18)5-10(13)6-15-12/h3-6,18H,7-8H2,1-2H3. The summed E-state index contributed by atoms with van der Waals surface area (Å²) < 4.78 is 14.9. The number of anilines is 1. The SMILES string of the molecule is CN(Cc1nccn1C)c1ncc(F)cc1CO. The molecule has 1 N–H and O–H groups in total. The zero-order valence-corrected chi connectivity index (χ0v) is 10.3. The van der Waals surface area contributed by atoms with E-state index in [2.05, 4.69) is 9.97 Å². The number of aromatic nitrogens is 3. The highest BCUT2D eigenvalue weighted by Gasteiger charge is 2.12. The van der Waals surface area contributed by atoms with E-state index >= 15 is 0 Å². The molecule has 96 valence electrons. The Balaban J connectivity index is 2.23. The number of pyridine rings is 1. The predicted octanol–water partition coefficient (Wildman–Crippen LogP) is 1.08. The van der Waals surface area contributed by atoms with Crippen LogP contribution >= 0.6 is 0 Å². The van der Waals surface area contributed by atoms with Crippen LogP contribution in [0.2, 0.25) is 0 Å². The highest BCUT2D eigenvalue weighted by atomic mass is 19.1. The normalized spacial score (nSPS) is 10.7. The topological polar surface area (TPSA) is 54.2 Å². The van der Waals surface area contributed by atoms with E-state index in [1.54, 1.807) is 6.20 Å². The van der Waals surface area contributed by atoms with E-state index in [9.17, 15) is 9.50 Å². The minimum atomic E-state index is -0.451. The summed E-state index contributed by atoms with van der Waals surface area (Å²) in [6, 6.07) is 1.29. The van der Waals surface area contributed by atoms with Gasteiger partial charge >= 0.3 is 0 Å². The van der Waals surface area contributed by atoms with Crippen molar-refractivity contribution in [2.24, 2.45) is 7.05 Å². The summed E-state index contributed by atoms with van der Waals surface area (Å²) in [4.78, 5) is 10.1. The van der Waals surface area contributed by atoms with E-state index in [4.69, 9.17) is 0 Å². The Morgan fingerprint density at radius 2 is 2.22 bits per heavy atom. The smallest absolute Gasteiger partial charge is 0.142 e. The zero-order chi connectivity index (χ0) is 13.1. The molecule has 6 heteroatoms. The van der Waals surface area contributed by atoms with Gasteiger partial charge in [0.25, 0.3) is 0 Å². The van der Waals surface area contributed by atoms with Crippen LogP contribution in [0.5, 0.6) is 0 Å². The first-order valence-electron chi connectivity index (χ1n) is 5.54. The van der Waals surface area contributed by atoms with Crippen molar-refractivity contribution in [1.29, 1.82) is 0 Å². The number of aliphatic hydroxyl groups is 1. The van der Waals surface area contributed by atoms with Crippen molar-refractivity contribution < 1.29 is 9.50 Å². The van der Waals surface area contributed by atoms with E-state index in [0.29, 0.717) is 17.9 Å². The van der Waals surface area contributed by atoms with Crippen molar-refractivity contribution in [3.63, 3.8) is 0 Å². The Bertz CT molecular complexity index is 541. The summed E-state index contributed by atoms with van der Waals surface area (Å²) in [7, 11) is 3.73. The first kappa shape index (κ1) is 12.5. The average molecular weight is 250 g/mol. The second-order valence-electron chi connectivity index (χ2n) is 4.10. The minimum Gasteiger partial charge on any atom is -0.392 e. The van der Waals surface area contributed by atoms with E-state index in [-0.39, 0.29) is 6.61 Å². The molecule has 0 aliphatic heterocycles. The quantitative estimate of drug-likeness (QED) is 0.882. The first-order valence-corrected chi connectivity index (χ1v) is 5.54. The molecular formula is C12H15FN4O. The Labute approximate surface area is 105 Å². The fourth-order valence-electron chi connectivity index (χ4n) is 1.77. The lowest BCUT2D eigenvalue weighted by molar-refractivity contribution is 0.281. The van der Waals surface area contributed by atoms with Crippen LogP contribution < -0.4 is 4.90 Å². The molecule has 0 aromatic carbocycles. The van der Waals surface area contributed by atoms with Crippen LogP contribution in [0.4, 0.5) is 10.2 Å². The van der Waals surface area contributed by atoms with Crippen molar-refractivity contribution in [3.05, 3.63) is 41.9 Å². The maximum absolute atomic E-state index is 13.0. The number of aryl methyl sites for hydroxylation is 1. The molecule has 0 saturated carbocycles. The second kappa shape index (κ2) is 5.14. The highest BCUT2D eigenvalue weighted by Crippen LogP contribution is 2.18. The van der Waals surface area contributed by atoms with Gasteiger partial charge in [-0.2, -0.15) is 0 Å². The van der Waals surface area contributed by atoms with Gasteiger partial charge in [-0.05, 0) is 6.07 Å². The van der Waals surface area contributed by atoms with Gasteiger partial charge < -0.3 is 14.6 Å². The summed E-state index contributed by atoms with van der Waals surface area (Å²) in [6.45, 7) is 0.292. The molecule has 0 atom stereocenters. The molecule has 0 saturated heterocycles. The van der Waals surface area contributed by atoms with Crippen molar-refractivity contribution in [1.82, 2.24) is 14.5 Å². The molecule has 0 spiro atoms. The van der Waals surface area contributed by atoms with E-state index in [0.717, 1.165) is 12.0 Å². The molecule has 5 nitrogen and oxygen atoms in total. The van der Waals surface area contributed by atoms with E-state index < -0.39 is 5.82 Å². The lowest BCUT2D eigenvalue weighted by Crippen LogP contribution is -2.21.